The molecular formula is C30H30Cl3N3O2. The van der Waals surface area contributed by atoms with E-state index < -0.39 is 11.5 Å². The van der Waals surface area contributed by atoms with Crippen molar-refractivity contribution < 1.29 is 9.57 Å². The molecule has 0 aliphatic heterocycles. The number of hydrogen-bond acceptors (Lipinski definition) is 5. The standard InChI is InChI=1S/C30H30Cl3N3O2/c1-36(2)17-16-30(38-34,25-10-7-11-26(32)28(25)33)27(21-8-5-4-6-9-21)24-18-22(19-35-29(24)37-3)20-12-14-23(31)15-13-20/h4-15,18-19,27H,16-17,34H2,1-3H3. The van der Waals surface area contributed by atoms with Gasteiger partial charge in [-0.15, -0.1) is 0 Å². The summed E-state index contributed by atoms with van der Waals surface area (Å²) in [4.78, 5) is 12.8. The lowest BCUT2D eigenvalue weighted by Crippen LogP contribution is -2.42. The van der Waals surface area contributed by atoms with E-state index in [4.69, 9.17) is 55.3 Å². The van der Waals surface area contributed by atoms with Crippen LogP contribution in [0.4, 0.5) is 0 Å². The van der Waals surface area contributed by atoms with Crippen LogP contribution in [0.15, 0.2) is 85.1 Å². The highest BCUT2D eigenvalue weighted by atomic mass is 35.5. The molecule has 4 rings (SSSR count). The monoisotopic (exact) mass is 569 g/mol. The molecule has 0 fully saturated rings. The molecule has 1 heterocycles. The van der Waals surface area contributed by atoms with Crippen molar-refractivity contribution >= 4 is 34.8 Å². The van der Waals surface area contributed by atoms with E-state index in [1.165, 1.54) is 0 Å². The summed E-state index contributed by atoms with van der Waals surface area (Å²) in [6.45, 7) is 0.663. The molecule has 0 aliphatic rings. The molecule has 2 N–H and O–H groups in total. The van der Waals surface area contributed by atoms with Crippen molar-refractivity contribution in [1.29, 1.82) is 0 Å². The van der Waals surface area contributed by atoms with Crippen LogP contribution >= 0.6 is 34.8 Å². The molecule has 0 amide bonds. The van der Waals surface area contributed by atoms with Gasteiger partial charge in [0.15, 0.2) is 0 Å². The van der Waals surface area contributed by atoms with Gasteiger partial charge in [-0.1, -0.05) is 89.4 Å². The maximum atomic E-state index is 6.87. The molecule has 0 saturated carbocycles. The van der Waals surface area contributed by atoms with Crippen molar-refractivity contribution in [3.63, 3.8) is 0 Å². The number of rotatable bonds is 10. The summed E-state index contributed by atoms with van der Waals surface area (Å²) in [6.07, 6.45) is 2.29. The summed E-state index contributed by atoms with van der Waals surface area (Å²) in [5.74, 6) is 6.28. The smallest absolute Gasteiger partial charge is 0.217 e. The fraction of sp³-hybridized carbons (Fsp3) is 0.233. The first-order chi connectivity index (χ1) is 18.3. The summed E-state index contributed by atoms with van der Waals surface area (Å²) >= 11 is 19.5. The first kappa shape index (κ1) is 28.4. The molecule has 5 nitrogen and oxygen atoms in total. The van der Waals surface area contributed by atoms with Crippen molar-refractivity contribution in [1.82, 2.24) is 9.88 Å². The minimum atomic E-state index is -1.12. The number of ether oxygens (including phenoxy) is 1. The van der Waals surface area contributed by atoms with E-state index in [0.29, 0.717) is 39.5 Å². The second kappa shape index (κ2) is 12.5. The molecule has 198 valence electrons. The number of pyridine rings is 1. The molecule has 0 bridgehead atoms. The van der Waals surface area contributed by atoms with Crippen LogP contribution < -0.4 is 10.6 Å². The Morgan fingerprint density at radius 3 is 2.26 bits per heavy atom. The highest BCUT2D eigenvalue weighted by Gasteiger charge is 2.46. The number of halogens is 3. The number of benzene rings is 3. The Hall–Kier alpha value is -2.64. The summed E-state index contributed by atoms with van der Waals surface area (Å²) in [6, 6.07) is 25.2. The molecule has 38 heavy (non-hydrogen) atoms. The third-order valence-corrected chi connectivity index (χ3v) is 7.78. The Balaban J connectivity index is 2.05. The van der Waals surface area contributed by atoms with Gasteiger partial charge in [0, 0.05) is 40.4 Å². The molecule has 3 aromatic carbocycles. The average Bonchev–Trinajstić information content (AvgIpc) is 2.93. The second-order valence-electron chi connectivity index (χ2n) is 9.34. The van der Waals surface area contributed by atoms with Crippen LogP contribution in [0.3, 0.4) is 0 Å². The minimum absolute atomic E-state index is 0.389. The van der Waals surface area contributed by atoms with Gasteiger partial charge < -0.3 is 9.64 Å². The van der Waals surface area contributed by atoms with Crippen LogP contribution in [0.1, 0.15) is 29.0 Å². The van der Waals surface area contributed by atoms with Crippen molar-refractivity contribution in [2.24, 2.45) is 5.90 Å². The van der Waals surface area contributed by atoms with E-state index in [1.807, 2.05) is 80.8 Å². The Morgan fingerprint density at radius 1 is 0.921 bits per heavy atom. The second-order valence-corrected chi connectivity index (χ2v) is 10.6. The van der Waals surface area contributed by atoms with Crippen LogP contribution in [0, 0.1) is 0 Å². The van der Waals surface area contributed by atoms with Gasteiger partial charge in [-0.3, -0.25) is 4.84 Å². The van der Waals surface area contributed by atoms with Gasteiger partial charge in [-0.25, -0.2) is 10.9 Å². The van der Waals surface area contributed by atoms with Crippen LogP contribution in [-0.2, 0) is 10.4 Å². The highest BCUT2D eigenvalue weighted by molar-refractivity contribution is 6.42. The number of aromatic nitrogens is 1. The lowest BCUT2D eigenvalue weighted by atomic mass is 9.71. The van der Waals surface area contributed by atoms with Gasteiger partial charge in [0.2, 0.25) is 5.88 Å². The van der Waals surface area contributed by atoms with E-state index in [9.17, 15) is 0 Å². The molecule has 1 aromatic heterocycles. The van der Waals surface area contributed by atoms with Gasteiger partial charge in [-0.05, 0) is 55.9 Å². The van der Waals surface area contributed by atoms with Gasteiger partial charge in [0.1, 0.15) is 5.60 Å². The number of nitrogens with two attached hydrogens (primary N) is 1. The SMILES string of the molecule is COc1ncc(-c2ccc(Cl)cc2)cc1C(c1ccccc1)C(CCN(C)C)(ON)c1cccc(Cl)c1Cl. The third kappa shape index (κ3) is 5.84. The third-order valence-electron chi connectivity index (χ3n) is 6.71. The zero-order valence-corrected chi connectivity index (χ0v) is 23.8. The highest BCUT2D eigenvalue weighted by Crippen LogP contribution is 2.51. The molecule has 0 aliphatic carbocycles. The molecule has 0 spiro atoms. The van der Waals surface area contributed by atoms with E-state index in [0.717, 1.165) is 22.3 Å². The van der Waals surface area contributed by atoms with Crippen LogP contribution in [-0.4, -0.2) is 37.6 Å². The molecule has 4 aromatic rings. The van der Waals surface area contributed by atoms with E-state index in [-0.39, 0.29) is 0 Å². The normalized spacial score (nSPS) is 13.8. The number of hydrogen-bond donors (Lipinski definition) is 1. The van der Waals surface area contributed by atoms with Crippen LogP contribution in [0.5, 0.6) is 5.88 Å². The predicted molar refractivity (Wildman–Crippen MR) is 156 cm³/mol. The predicted octanol–water partition coefficient (Wildman–Crippen LogP) is 7.59. The van der Waals surface area contributed by atoms with Crippen molar-refractivity contribution in [2.45, 2.75) is 17.9 Å². The van der Waals surface area contributed by atoms with Crippen LogP contribution in [0.25, 0.3) is 11.1 Å². The van der Waals surface area contributed by atoms with E-state index in [2.05, 4.69) is 11.0 Å². The Labute approximate surface area is 239 Å². The van der Waals surface area contributed by atoms with Crippen molar-refractivity contribution in [2.75, 3.05) is 27.7 Å². The summed E-state index contributed by atoms with van der Waals surface area (Å²) in [5.41, 5.74) is 3.18. The first-order valence-electron chi connectivity index (χ1n) is 12.1. The largest absolute Gasteiger partial charge is 0.481 e. The summed E-state index contributed by atoms with van der Waals surface area (Å²) < 4.78 is 5.81. The van der Waals surface area contributed by atoms with Crippen LogP contribution in [0.2, 0.25) is 15.1 Å². The van der Waals surface area contributed by atoms with Gasteiger partial charge in [0.25, 0.3) is 0 Å². The van der Waals surface area contributed by atoms with Gasteiger partial charge in [0.05, 0.1) is 17.2 Å². The maximum absolute atomic E-state index is 6.87. The number of nitrogens with zero attached hydrogens (tertiary/aromatic N) is 2. The fourth-order valence-electron chi connectivity index (χ4n) is 4.84. The van der Waals surface area contributed by atoms with Gasteiger partial charge >= 0.3 is 0 Å². The molecule has 0 radical (unpaired) electrons. The molecule has 2 unspecified atom stereocenters. The number of methoxy groups -OCH3 is 1. The molecular weight excluding hydrogens is 541 g/mol. The molecule has 0 saturated heterocycles. The lowest BCUT2D eigenvalue weighted by Gasteiger charge is -2.41. The first-order valence-corrected chi connectivity index (χ1v) is 13.3. The van der Waals surface area contributed by atoms with E-state index in [1.54, 1.807) is 19.4 Å². The summed E-state index contributed by atoms with van der Waals surface area (Å²) in [5, 5.41) is 1.47. The zero-order chi connectivity index (χ0) is 27.3. The zero-order valence-electron chi connectivity index (χ0n) is 21.5. The van der Waals surface area contributed by atoms with Crippen molar-refractivity contribution in [3.05, 3.63) is 117 Å². The summed E-state index contributed by atoms with van der Waals surface area (Å²) in [7, 11) is 5.61. The van der Waals surface area contributed by atoms with E-state index >= 15 is 0 Å². The maximum Gasteiger partial charge on any atom is 0.217 e. The Bertz CT molecular complexity index is 1370. The van der Waals surface area contributed by atoms with Crippen molar-refractivity contribution in [3.8, 4) is 17.0 Å². The topological polar surface area (TPSA) is 60.6 Å². The molecule has 2 atom stereocenters. The fourth-order valence-corrected chi connectivity index (χ4v) is 5.42. The average molecular weight is 571 g/mol. The Kier molecular flexibility index (Phi) is 9.32. The quantitative estimate of drug-likeness (QED) is 0.199. The lowest BCUT2D eigenvalue weighted by molar-refractivity contribution is -0.0756. The molecule has 8 heteroatoms. The van der Waals surface area contributed by atoms with Gasteiger partial charge in [-0.2, -0.15) is 0 Å². The minimum Gasteiger partial charge on any atom is -0.481 e. The Morgan fingerprint density at radius 2 is 1.63 bits per heavy atom.